The summed E-state index contributed by atoms with van der Waals surface area (Å²) in [6.45, 7) is 2.35. The third-order valence-electron chi connectivity index (χ3n) is 6.19. The van der Waals surface area contributed by atoms with E-state index in [1.54, 1.807) is 30.3 Å². The molecule has 0 radical (unpaired) electrons. The first-order chi connectivity index (χ1) is 17.9. The van der Waals surface area contributed by atoms with Crippen molar-refractivity contribution < 1.29 is 57.4 Å². The molecule has 2 saturated heterocycles. The zero-order chi connectivity index (χ0) is 28.1. The van der Waals surface area contributed by atoms with Gasteiger partial charge in [0.2, 0.25) is 5.79 Å². The Morgan fingerprint density at radius 1 is 0.895 bits per heavy atom. The summed E-state index contributed by atoms with van der Waals surface area (Å²) in [6, 6.07) is 8.88. The largest absolute Gasteiger partial charge is 0.463 e. The van der Waals surface area contributed by atoms with E-state index in [0.29, 0.717) is 5.56 Å². The highest BCUT2D eigenvalue weighted by Gasteiger charge is 2.80. The van der Waals surface area contributed by atoms with Crippen LogP contribution in [-0.2, 0) is 58.9 Å². The molecule has 12 nitrogen and oxygen atoms in total. The Morgan fingerprint density at radius 2 is 1.47 bits per heavy atom. The van der Waals surface area contributed by atoms with Crippen LogP contribution in [0.1, 0.15) is 33.3 Å². The van der Waals surface area contributed by atoms with E-state index in [1.807, 2.05) is 0 Å². The quantitative estimate of drug-likeness (QED) is 0.251. The average molecular weight is 535 g/mol. The second kappa shape index (κ2) is 11.5. The van der Waals surface area contributed by atoms with Gasteiger partial charge in [-0.1, -0.05) is 36.3 Å². The molecule has 0 saturated carbocycles. The molecular weight excluding hydrogens is 504 g/mol. The molecule has 2 heterocycles. The van der Waals surface area contributed by atoms with Crippen LogP contribution < -0.4 is 0 Å². The number of fused-ring (bicyclic) bond motifs is 2. The summed E-state index contributed by atoms with van der Waals surface area (Å²) in [6.07, 6.45) is 1.22. The van der Waals surface area contributed by atoms with Crippen molar-refractivity contribution in [3.8, 4) is 12.3 Å². The Balaban J connectivity index is 2.22. The monoisotopic (exact) mass is 534 g/mol. The van der Waals surface area contributed by atoms with Crippen molar-refractivity contribution in [3.63, 3.8) is 0 Å². The zero-order valence-corrected chi connectivity index (χ0v) is 21.5. The lowest BCUT2D eigenvalue weighted by Gasteiger charge is -2.52. The first-order valence-corrected chi connectivity index (χ1v) is 11.7. The number of carbonyl (C=O) groups is 4. The number of hydrogen-bond donors (Lipinski definition) is 1. The van der Waals surface area contributed by atoms with Crippen LogP contribution in [0, 0.1) is 12.3 Å². The molecule has 0 amide bonds. The molecule has 0 aromatic heterocycles. The molecule has 2 aliphatic rings. The summed E-state index contributed by atoms with van der Waals surface area (Å²) in [5, 5.41) is 12.1. The standard InChI is InChI=1S/C26H30O12/c1-6-21-24(31,13-33-16(2)27)25(14-34-17(3)28)22(32-12-20-10-8-7-9-11-20)23(36-19(5)30)26(37-21,38-25)15-35-18(4)29/h1,7-11,21-23,31H,12-15H2,2-5H3/t21-,22-,23-,24+,25+,26-/m1/s1. The molecule has 2 fully saturated rings. The molecule has 206 valence electrons. The highest BCUT2D eigenvalue weighted by atomic mass is 16.8. The number of benzene rings is 1. The van der Waals surface area contributed by atoms with E-state index in [-0.39, 0.29) is 6.61 Å². The van der Waals surface area contributed by atoms with Gasteiger partial charge in [-0.25, -0.2) is 0 Å². The molecule has 1 N–H and O–H groups in total. The SMILES string of the molecule is C#C[C@H]1O[C@]2(COC(C)=O)O[C@@](COC(C)=O)([C@H](OCc3ccccc3)[C@H]2OC(C)=O)[C@]1(O)COC(C)=O. The molecular formula is C26H30O12. The van der Waals surface area contributed by atoms with Crippen molar-refractivity contribution in [3.05, 3.63) is 35.9 Å². The minimum Gasteiger partial charge on any atom is -0.463 e. The van der Waals surface area contributed by atoms with Crippen LogP contribution in [0.4, 0.5) is 0 Å². The number of aliphatic hydroxyl groups is 1. The summed E-state index contributed by atoms with van der Waals surface area (Å²) in [4.78, 5) is 47.6. The van der Waals surface area contributed by atoms with Gasteiger partial charge in [-0.3, -0.25) is 19.2 Å². The van der Waals surface area contributed by atoms with Crippen LogP contribution >= 0.6 is 0 Å². The molecule has 2 aliphatic heterocycles. The van der Waals surface area contributed by atoms with Gasteiger partial charge in [0, 0.05) is 27.7 Å². The van der Waals surface area contributed by atoms with Gasteiger partial charge in [0.1, 0.15) is 25.9 Å². The second-order valence-electron chi connectivity index (χ2n) is 8.98. The van der Waals surface area contributed by atoms with Gasteiger partial charge in [-0.15, -0.1) is 6.42 Å². The number of terminal acetylenes is 1. The van der Waals surface area contributed by atoms with Crippen LogP contribution in [0.25, 0.3) is 0 Å². The van der Waals surface area contributed by atoms with Crippen molar-refractivity contribution >= 4 is 23.9 Å². The smallest absolute Gasteiger partial charge is 0.303 e. The number of rotatable bonds is 10. The van der Waals surface area contributed by atoms with E-state index in [1.165, 1.54) is 0 Å². The maximum atomic E-state index is 12.2. The molecule has 1 aromatic rings. The molecule has 6 atom stereocenters. The Bertz CT molecular complexity index is 1100. The highest BCUT2D eigenvalue weighted by molar-refractivity contribution is 5.68. The first kappa shape index (κ1) is 29.1. The average Bonchev–Trinajstić information content (AvgIpc) is 3.09. The molecule has 0 aliphatic carbocycles. The van der Waals surface area contributed by atoms with Gasteiger partial charge in [-0.05, 0) is 5.56 Å². The predicted molar refractivity (Wildman–Crippen MR) is 126 cm³/mol. The molecule has 0 unspecified atom stereocenters. The Morgan fingerprint density at radius 3 is 2.03 bits per heavy atom. The van der Waals surface area contributed by atoms with Crippen LogP contribution in [0.3, 0.4) is 0 Å². The number of ether oxygens (including phenoxy) is 7. The zero-order valence-electron chi connectivity index (χ0n) is 21.5. The van der Waals surface area contributed by atoms with E-state index < -0.39 is 79.0 Å². The fourth-order valence-corrected chi connectivity index (χ4v) is 4.53. The summed E-state index contributed by atoms with van der Waals surface area (Å²) < 4.78 is 39.6. The maximum Gasteiger partial charge on any atom is 0.303 e. The van der Waals surface area contributed by atoms with Gasteiger partial charge in [-0.2, -0.15) is 0 Å². The van der Waals surface area contributed by atoms with Crippen LogP contribution in [0.5, 0.6) is 0 Å². The van der Waals surface area contributed by atoms with E-state index in [0.717, 1.165) is 27.7 Å². The summed E-state index contributed by atoms with van der Waals surface area (Å²) >= 11 is 0. The van der Waals surface area contributed by atoms with Crippen molar-refractivity contribution in [2.75, 3.05) is 19.8 Å². The van der Waals surface area contributed by atoms with Gasteiger partial charge in [0.25, 0.3) is 0 Å². The summed E-state index contributed by atoms with van der Waals surface area (Å²) in [5.41, 5.74) is -3.82. The van der Waals surface area contributed by atoms with Crippen molar-refractivity contribution in [1.29, 1.82) is 0 Å². The van der Waals surface area contributed by atoms with Crippen LogP contribution in [-0.4, -0.2) is 84.1 Å². The van der Waals surface area contributed by atoms with E-state index in [4.69, 9.17) is 39.6 Å². The minimum atomic E-state index is -2.39. The van der Waals surface area contributed by atoms with Crippen molar-refractivity contribution in [2.24, 2.45) is 0 Å². The number of hydrogen-bond acceptors (Lipinski definition) is 12. The lowest BCUT2D eigenvalue weighted by molar-refractivity contribution is -0.396. The summed E-state index contributed by atoms with van der Waals surface area (Å²) in [7, 11) is 0. The lowest BCUT2D eigenvalue weighted by Crippen LogP contribution is -2.74. The molecule has 38 heavy (non-hydrogen) atoms. The predicted octanol–water partition coefficient (Wildman–Crippen LogP) is 0.421. The van der Waals surface area contributed by atoms with E-state index >= 15 is 0 Å². The van der Waals surface area contributed by atoms with Gasteiger partial charge >= 0.3 is 23.9 Å². The fraction of sp³-hybridized carbons (Fsp3) is 0.538. The molecule has 2 bridgehead atoms. The number of esters is 4. The minimum absolute atomic E-state index is 0.0809. The number of carbonyl (C=O) groups excluding carboxylic acids is 4. The van der Waals surface area contributed by atoms with Crippen LogP contribution in [0.15, 0.2) is 30.3 Å². The van der Waals surface area contributed by atoms with Crippen molar-refractivity contribution in [1.82, 2.24) is 0 Å². The van der Waals surface area contributed by atoms with Crippen molar-refractivity contribution in [2.45, 2.75) is 69.6 Å². The third-order valence-corrected chi connectivity index (χ3v) is 6.19. The Labute approximate surface area is 219 Å². The Hall–Kier alpha value is -3.50. The summed E-state index contributed by atoms with van der Waals surface area (Å²) in [5.74, 6) is -2.80. The van der Waals surface area contributed by atoms with Gasteiger partial charge in [0.15, 0.2) is 23.4 Å². The van der Waals surface area contributed by atoms with Gasteiger partial charge < -0.3 is 38.3 Å². The van der Waals surface area contributed by atoms with Gasteiger partial charge in [0.05, 0.1) is 6.61 Å². The molecule has 1 aromatic carbocycles. The maximum absolute atomic E-state index is 12.2. The second-order valence-corrected chi connectivity index (χ2v) is 8.98. The lowest BCUT2D eigenvalue weighted by atomic mass is 9.75. The molecule has 3 rings (SSSR count). The Kier molecular flexibility index (Phi) is 8.79. The fourth-order valence-electron chi connectivity index (χ4n) is 4.53. The van der Waals surface area contributed by atoms with E-state index in [9.17, 15) is 24.3 Å². The highest BCUT2D eigenvalue weighted by Crippen LogP contribution is 2.55. The topological polar surface area (TPSA) is 153 Å². The van der Waals surface area contributed by atoms with Crippen LogP contribution in [0.2, 0.25) is 0 Å². The normalized spacial score (nSPS) is 31.5. The molecule has 0 spiro atoms. The van der Waals surface area contributed by atoms with E-state index in [2.05, 4.69) is 5.92 Å². The third kappa shape index (κ3) is 5.66. The molecule has 12 heteroatoms. The first-order valence-electron chi connectivity index (χ1n) is 11.7.